The largest absolute Gasteiger partial charge is 0.340 e. The van der Waals surface area contributed by atoms with Gasteiger partial charge in [-0.15, -0.1) is 0 Å². The van der Waals surface area contributed by atoms with Gasteiger partial charge in [0.1, 0.15) is 4.90 Å². The lowest BCUT2D eigenvalue weighted by Crippen LogP contribution is -2.52. The van der Waals surface area contributed by atoms with E-state index in [1.165, 1.54) is 44.7 Å². The number of halogens is 1. The number of sulfonamides is 1. The van der Waals surface area contributed by atoms with Crippen LogP contribution < -0.4 is 4.90 Å². The van der Waals surface area contributed by atoms with Gasteiger partial charge in [0.2, 0.25) is 27.7 Å². The number of nitro benzene ring substituents is 1. The van der Waals surface area contributed by atoms with Crippen LogP contribution in [-0.4, -0.2) is 72.1 Å². The first-order valence-electron chi connectivity index (χ1n) is 10.1. The Balaban J connectivity index is 1.41. The fourth-order valence-corrected chi connectivity index (χ4v) is 5.37. The topological polar surface area (TPSA) is 134 Å². The summed E-state index contributed by atoms with van der Waals surface area (Å²) >= 11 is 0. The number of anilines is 1. The molecule has 1 aromatic carbocycles. The van der Waals surface area contributed by atoms with Gasteiger partial charge in [-0.25, -0.2) is 8.42 Å². The minimum Gasteiger partial charge on any atom is -0.340 e. The second-order valence-electron chi connectivity index (χ2n) is 7.72. The molecule has 0 N–H and O–H groups in total. The molecule has 2 fully saturated rings. The van der Waals surface area contributed by atoms with Crippen LogP contribution in [-0.2, 0) is 19.6 Å². The molecular weight excluding hydrogens is 457 g/mol. The number of benzene rings is 1. The van der Waals surface area contributed by atoms with Gasteiger partial charge >= 0.3 is 5.69 Å². The van der Waals surface area contributed by atoms with Crippen LogP contribution in [0.5, 0.6) is 0 Å². The first-order chi connectivity index (χ1) is 15.7. The molecule has 33 heavy (non-hydrogen) atoms. The zero-order valence-electron chi connectivity index (χ0n) is 17.3. The lowest BCUT2D eigenvalue weighted by atomic mass is 10.1. The molecule has 2 amide bonds. The third kappa shape index (κ3) is 4.41. The maximum absolute atomic E-state index is 13.6. The van der Waals surface area contributed by atoms with E-state index < -0.39 is 38.3 Å². The molecule has 0 aliphatic carbocycles. The number of hydrogen-bond acceptors (Lipinski definition) is 7. The number of pyridine rings is 1. The van der Waals surface area contributed by atoms with Crippen LogP contribution in [0.4, 0.5) is 15.8 Å². The lowest BCUT2D eigenvalue weighted by Gasteiger charge is -2.35. The Kier molecular flexibility index (Phi) is 6.08. The second-order valence-corrected chi connectivity index (χ2v) is 9.65. The molecule has 2 aliphatic rings. The summed E-state index contributed by atoms with van der Waals surface area (Å²) in [4.78, 5) is 42.2. The summed E-state index contributed by atoms with van der Waals surface area (Å²) in [6, 6.07) is 6.14. The van der Waals surface area contributed by atoms with E-state index in [4.69, 9.17) is 0 Å². The Labute approximate surface area is 188 Å². The summed E-state index contributed by atoms with van der Waals surface area (Å²) < 4.78 is 40.3. The number of piperazine rings is 1. The normalized spacial score (nSPS) is 19.7. The van der Waals surface area contributed by atoms with Crippen molar-refractivity contribution in [3.05, 3.63) is 58.7 Å². The molecule has 4 rings (SSSR count). The summed E-state index contributed by atoms with van der Waals surface area (Å²) in [6.07, 6.45) is 2.66. The lowest BCUT2D eigenvalue weighted by molar-refractivity contribution is -0.387. The molecule has 1 atom stereocenters. The van der Waals surface area contributed by atoms with E-state index in [-0.39, 0.29) is 55.6 Å². The van der Waals surface area contributed by atoms with Gasteiger partial charge in [0.25, 0.3) is 0 Å². The summed E-state index contributed by atoms with van der Waals surface area (Å²) in [5, 5.41) is 11.0. The van der Waals surface area contributed by atoms with E-state index in [0.717, 1.165) is 12.1 Å². The van der Waals surface area contributed by atoms with Gasteiger partial charge in [0.15, 0.2) is 0 Å². The van der Waals surface area contributed by atoms with Gasteiger partial charge in [-0.3, -0.25) is 24.7 Å². The molecule has 2 aliphatic heterocycles. The number of hydrogen-bond donors (Lipinski definition) is 0. The number of nitrogens with zero attached hydrogens (tertiary/aromatic N) is 5. The number of carbonyl (C=O) groups is 2. The van der Waals surface area contributed by atoms with E-state index in [9.17, 15) is 32.5 Å². The van der Waals surface area contributed by atoms with Crippen molar-refractivity contribution >= 4 is 33.2 Å². The average molecular weight is 477 g/mol. The Morgan fingerprint density at radius 1 is 1.18 bits per heavy atom. The van der Waals surface area contributed by atoms with Crippen molar-refractivity contribution in [1.82, 2.24) is 14.2 Å². The summed E-state index contributed by atoms with van der Waals surface area (Å²) in [5.74, 6) is -2.38. The molecule has 2 aromatic rings. The van der Waals surface area contributed by atoms with Gasteiger partial charge in [0, 0.05) is 57.6 Å². The van der Waals surface area contributed by atoms with Crippen LogP contribution in [0.25, 0.3) is 0 Å². The fraction of sp³-hybridized carbons (Fsp3) is 0.350. The Bertz CT molecular complexity index is 1200. The molecule has 0 radical (unpaired) electrons. The Morgan fingerprint density at radius 2 is 1.91 bits per heavy atom. The maximum Gasteiger partial charge on any atom is 0.306 e. The molecule has 3 heterocycles. The van der Waals surface area contributed by atoms with E-state index in [1.54, 1.807) is 0 Å². The van der Waals surface area contributed by atoms with Crippen LogP contribution >= 0.6 is 0 Å². The highest BCUT2D eigenvalue weighted by Gasteiger charge is 2.39. The number of nitro groups is 1. The Hall–Kier alpha value is -3.45. The van der Waals surface area contributed by atoms with Crippen molar-refractivity contribution in [2.75, 3.05) is 37.6 Å². The van der Waals surface area contributed by atoms with Gasteiger partial charge in [-0.1, -0.05) is 0 Å². The monoisotopic (exact) mass is 477 g/mol. The zero-order chi connectivity index (χ0) is 23.8. The van der Waals surface area contributed by atoms with Crippen molar-refractivity contribution in [3.8, 4) is 0 Å². The first-order valence-corrected chi connectivity index (χ1v) is 11.6. The number of carbonyl (C=O) groups excluding carboxylic acids is 2. The van der Waals surface area contributed by atoms with Crippen LogP contribution in [0.1, 0.15) is 6.42 Å². The molecule has 11 nitrogen and oxygen atoms in total. The van der Waals surface area contributed by atoms with Crippen molar-refractivity contribution in [2.24, 2.45) is 5.92 Å². The van der Waals surface area contributed by atoms with Crippen molar-refractivity contribution in [3.63, 3.8) is 0 Å². The Morgan fingerprint density at radius 3 is 2.55 bits per heavy atom. The molecule has 0 spiro atoms. The van der Waals surface area contributed by atoms with Crippen molar-refractivity contribution in [2.45, 2.75) is 11.3 Å². The van der Waals surface area contributed by atoms with Crippen LogP contribution in [0, 0.1) is 21.8 Å². The molecule has 0 saturated carbocycles. The summed E-state index contributed by atoms with van der Waals surface area (Å²) in [6.45, 7) is 0.569. The number of rotatable bonds is 5. The molecule has 13 heteroatoms. The molecule has 1 unspecified atom stereocenters. The third-order valence-corrected chi connectivity index (χ3v) is 7.62. The summed E-state index contributed by atoms with van der Waals surface area (Å²) in [5.41, 5.74) is -0.600. The van der Waals surface area contributed by atoms with Gasteiger partial charge in [0.05, 0.1) is 16.5 Å². The molecule has 1 aromatic heterocycles. The maximum atomic E-state index is 13.6. The van der Waals surface area contributed by atoms with E-state index in [0.29, 0.717) is 0 Å². The number of aromatic nitrogens is 1. The zero-order valence-corrected chi connectivity index (χ0v) is 18.1. The first kappa shape index (κ1) is 22.7. The van der Waals surface area contributed by atoms with Gasteiger partial charge in [-0.2, -0.15) is 8.70 Å². The van der Waals surface area contributed by atoms with Gasteiger partial charge < -0.3 is 9.80 Å². The van der Waals surface area contributed by atoms with E-state index in [1.807, 2.05) is 0 Å². The predicted molar refractivity (Wildman–Crippen MR) is 113 cm³/mol. The molecule has 2 saturated heterocycles. The molecule has 0 bridgehead atoms. The minimum absolute atomic E-state index is 0.00858. The highest BCUT2D eigenvalue weighted by Crippen LogP contribution is 2.30. The highest BCUT2D eigenvalue weighted by molar-refractivity contribution is 7.89. The summed E-state index contributed by atoms with van der Waals surface area (Å²) in [7, 11) is -3.71. The SMILES string of the molecule is O=C(C1CC(=O)N(c2ccc(F)c([N+](=O)[O-])c2)C1)N1CCN(S(=O)(=O)c2cccnc2)CC1. The third-order valence-electron chi connectivity index (χ3n) is 5.73. The van der Waals surface area contributed by atoms with Crippen LogP contribution in [0.2, 0.25) is 0 Å². The van der Waals surface area contributed by atoms with E-state index in [2.05, 4.69) is 4.98 Å². The standard InChI is InChI=1S/C20H20FN5O6S/c21-17-4-3-15(11-18(17)26(29)30)25-13-14(10-19(25)27)20(28)23-6-8-24(9-7-23)33(31,32)16-2-1-5-22-12-16/h1-5,11-12,14H,6-10,13H2. The quantitative estimate of drug-likeness (QED) is 0.463. The smallest absolute Gasteiger partial charge is 0.306 e. The number of amides is 2. The highest BCUT2D eigenvalue weighted by atomic mass is 32.2. The minimum atomic E-state index is -3.71. The predicted octanol–water partition coefficient (Wildman–Crippen LogP) is 1.01. The van der Waals surface area contributed by atoms with Crippen LogP contribution in [0.3, 0.4) is 0 Å². The van der Waals surface area contributed by atoms with Crippen molar-refractivity contribution < 1.29 is 27.3 Å². The van der Waals surface area contributed by atoms with Gasteiger partial charge in [-0.05, 0) is 24.3 Å². The fourth-order valence-electron chi connectivity index (χ4n) is 3.99. The molecular formula is C20H20FN5O6S. The van der Waals surface area contributed by atoms with E-state index >= 15 is 0 Å². The van der Waals surface area contributed by atoms with Crippen molar-refractivity contribution in [1.29, 1.82) is 0 Å². The molecule has 174 valence electrons. The average Bonchev–Trinajstić information content (AvgIpc) is 3.21. The second kappa shape index (κ2) is 8.83. The van der Waals surface area contributed by atoms with Crippen LogP contribution in [0.15, 0.2) is 47.6 Å².